The molecule has 0 spiro atoms. The molecule has 134 valence electrons. The van der Waals surface area contributed by atoms with Crippen molar-refractivity contribution >= 4 is 27.5 Å². The lowest BCUT2D eigenvalue weighted by Crippen LogP contribution is -2.46. The zero-order chi connectivity index (χ0) is 17.6. The zero-order valence-electron chi connectivity index (χ0n) is 14.4. The topological polar surface area (TPSA) is 61.6 Å². The summed E-state index contributed by atoms with van der Waals surface area (Å²) in [6.45, 7) is 7.45. The second kappa shape index (κ2) is 8.60. The maximum atomic E-state index is 12.1. The second-order valence-electron chi connectivity index (χ2n) is 6.35. The Morgan fingerprint density at radius 2 is 1.88 bits per heavy atom. The molecule has 3 rings (SSSR count). The number of rotatable bonds is 6. The Morgan fingerprint density at radius 3 is 2.52 bits per heavy atom. The van der Waals surface area contributed by atoms with Crippen LogP contribution in [-0.4, -0.2) is 53.6 Å². The number of aromatic nitrogens is 1. The number of carbonyl (C=O) groups excluding carboxylic acids is 1. The van der Waals surface area contributed by atoms with Crippen molar-refractivity contribution in [2.24, 2.45) is 0 Å². The number of anilines is 1. The van der Waals surface area contributed by atoms with Gasteiger partial charge in [0.05, 0.1) is 5.69 Å². The fourth-order valence-electron chi connectivity index (χ4n) is 2.91. The lowest BCUT2D eigenvalue weighted by molar-refractivity contribution is -0.116. The van der Waals surface area contributed by atoms with Crippen molar-refractivity contribution in [1.82, 2.24) is 15.0 Å². The maximum Gasteiger partial charge on any atom is 0.225 e. The highest BCUT2D eigenvalue weighted by Gasteiger charge is 2.18. The molecule has 1 aliphatic heterocycles. The minimum absolute atomic E-state index is 0.0582. The largest absolute Gasteiger partial charge is 0.361 e. The summed E-state index contributed by atoms with van der Waals surface area (Å²) in [6, 6.07) is 9.62. The molecule has 2 aromatic rings. The van der Waals surface area contributed by atoms with Crippen LogP contribution in [0.2, 0.25) is 0 Å². The minimum Gasteiger partial charge on any atom is -0.361 e. The lowest BCUT2D eigenvalue weighted by Gasteiger charge is -2.34. The Bertz CT molecular complexity index is 693. The van der Waals surface area contributed by atoms with Crippen molar-refractivity contribution in [2.75, 3.05) is 38.0 Å². The first kappa shape index (κ1) is 18.1. The Morgan fingerprint density at radius 1 is 1.20 bits per heavy atom. The smallest absolute Gasteiger partial charge is 0.225 e. The van der Waals surface area contributed by atoms with Gasteiger partial charge in [-0.2, -0.15) is 0 Å². The van der Waals surface area contributed by atoms with Crippen LogP contribution in [0.1, 0.15) is 17.9 Å². The van der Waals surface area contributed by atoms with E-state index in [4.69, 9.17) is 4.52 Å². The van der Waals surface area contributed by atoms with Gasteiger partial charge in [0.2, 0.25) is 5.91 Å². The first-order valence-corrected chi connectivity index (χ1v) is 9.30. The van der Waals surface area contributed by atoms with Gasteiger partial charge < -0.3 is 14.7 Å². The fourth-order valence-corrected chi connectivity index (χ4v) is 3.17. The number of hydrogen-bond donors (Lipinski definition) is 1. The number of aryl methyl sites for hydroxylation is 1. The monoisotopic (exact) mass is 406 g/mol. The van der Waals surface area contributed by atoms with E-state index in [0.717, 1.165) is 60.9 Å². The van der Waals surface area contributed by atoms with E-state index in [1.54, 1.807) is 0 Å². The van der Waals surface area contributed by atoms with Crippen molar-refractivity contribution < 1.29 is 9.32 Å². The zero-order valence-corrected chi connectivity index (χ0v) is 16.0. The SMILES string of the molecule is Cc1cc(CN2CCN(CCC(=O)Nc3ccc(Br)cc3)CC2)no1. The quantitative estimate of drug-likeness (QED) is 0.798. The summed E-state index contributed by atoms with van der Waals surface area (Å²) in [5, 5.41) is 6.98. The summed E-state index contributed by atoms with van der Waals surface area (Å²) in [7, 11) is 0. The summed E-state index contributed by atoms with van der Waals surface area (Å²) in [5.41, 5.74) is 1.82. The molecule has 1 fully saturated rings. The Hall–Kier alpha value is -1.70. The Balaban J connectivity index is 1.36. The van der Waals surface area contributed by atoms with E-state index in [0.29, 0.717) is 6.42 Å². The van der Waals surface area contributed by atoms with Crippen LogP contribution in [0.15, 0.2) is 39.3 Å². The van der Waals surface area contributed by atoms with E-state index < -0.39 is 0 Å². The van der Waals surface area contributed by atoms with Gasteiger partial charge in [0, 0.05) is 61.9 Å². The van der Waals surface area contributed by atoms with E-state index in [9.17, 15) is 4.79 Å². The number of halogens is 1. The lowest BCUT2D eigenvalue weighted by atomic mass is 10.2. The molecule has 25 heavy (non-hydrogen) atoms. The first-order chi connectivity index (χ1) is 12.1. The third-order valence-electron chi connectivity index (χ3n) is 4.31. The molecule has 1 aliphatic rings. The van der Waals surface area contributed by atoms with E-state index in [-0.39, 0.29) is 5.91 Å². The number of nitrogens with zero attached hydrogens (tertiary/aromatic N) is 3. The van der Waals surface area contributed by atoms with Gasteiger partial charge in [0.1, 0.15) is 5.76 Å². The molecule has 0 aliphatic carbocycles. The summed E-state index contributed by atoms with van der Waals surface area (Å²) in [5.74, 6) is 0.910. The van der Waals surface area contributed by atoms with Crippen LogP contribution in [0.3, 0.4) is 0 Å². The number of nitrogens with one attached hydrogen (secondary N) is 1. The van der Waals surface area contributed by atoms with E-state index in [1.165, 1.54) is 0 Å². The standard InChI is InChI=1S/C18H23BrN4O2/c1-14-12-17(21-25-14)13-23-10-8-22(9-11-23)7-6-18(24)20-16-4-2-15(19)3-5-16/h2-5,12H,6-11,13H2,1H3,(H,20,24). The average Bonchev–Trinajstić information content (AvgIpc) is 3.01. The van der Waals surface area contributed by atoms with Crippen LogP contribution >= 0.6 is 15.9 Å². The fraction of sp³-hybridized carbons (Fsp3) is 0.444. The van der Waals surface area contributed by atoms with Crippen molar-refractivity contribution in [3.8, 4) is 0 Å². The second-order valence-corrected chi connectivity index (χ2v) is 7.27. The number of carbonyl (C=O) groups is 1. The van der Waals surface area contributed by atoms with E-state index in [1.807, 2.05) is 37.3 Å². The minimum atomic E-state index is 0.0582. The molecule has 6 nitrogen and oxygen atoms in total. The van der Waals surface area contributed by atoms with Crippen molar-refractivity contribution in [2.45, 2.75) is 19.9 Å². The molecular formula is C18H23BrN4O2. The van der Waals surface area contributed by atoms with Crippen LogP contribution in [0.5, 0.6) is 0 Å². The predicted molar refractivity (Wildman–Crippen MR) is 100 cm³/mol. The van der Waals surface area contributed by atoms with Crippen molar-refractivity contribution in [1.29, 1.82) is 0 Å². The molecule has 1 amide bonds. The third kappa shape index (κ3) is 5.66. The van der Waals surface area contributed by atoms with Gasteiger partial charge in [-0.1, -0.05) is 21.1 Å². The van der Waals surface area contributed by atoms with Gasteiger partial charge >= 0.3 is 0 Å². The van der Waals surface area contributed by atoms with Crippen LogP contribution in [0.4, 0.5) is 5.69 Å². The highest BCUT2D eigenvalue weighted by molar-refractivity contribution is 9.10. The highest BCUT2D eigenvalue weighted by Crippen LogP contribution is 2.14. The van der Waals surface area contributed by atoms with Gasteiger partial charge in [-0.25, -0.2) is 0 Å². The summed E-state index contributed by atoms with van der Waals surface area (Å²) in [6.07, 6.45) is 0.512. The van der Waals surface area contributed by atoms with E-state index >= 15 is 0 Å². The summed E-state index contributed by atoms with van der Waals surface area (Å²) in [4.78, 5) is 16.8. The molecule has 1 aromatic heterocycles. The first-order valence-electron chi connectivity index (χ1n) is 8.51. The Kier molecular flexibility index (Phi) is 6.23. The molecule has 0 unspecified atom stereocenters. The molecule has 7 heteroatoms. The van der Waals surface area contributed by atoms with Crippen molar-refractivity contribution in [3.63, 3.8) is 0 Å². The number of piperazine rings is 1. The highest BCUT2D eigenvalue weighted by atomic mass is 79.9. The van der Waals surface area contributed by atoms with Gasteiger partial charge in [0.25, 0.3) is 0 Å². The predicted octanol–water partition coefficient (Wildman–Crippen LogP) is 2.89. The van der Waals surface area contributed by atoms with Crippen LogP contribution < -0.4 is 5.32 Å². The molecule has 0 radical (unpaired) electrons. The Labute approximate surface area is 156 Å². The van der Waals surface area contributed by atoms with Gasteiger partial charge in [-0.3, -0.25) is 9.69 Å². The number of amides is 1. The average molecular weight is 407 g/mol. The molecule has 1 N–H and O–H groups in total. The van der Waals surface area contributed by atoms with Crippen LogP contribution in [-0.2, 0) is 11.3 Å². The van der Waals surface area contributed by atoms with E-state index in [2.05, 4.69) is 36.2 Å². The van der Waals surface area contributed by atoms with Gasteiger partial charge in [-0.05, 0) is 31.2 Å². The third-order valence-corrected chi connectivity index (χ3v) is 4.84. The van der Waals surface area contributed by atoms with Crippen molar-refractivity contribution in [3.05, 3.63) is 46.3 Å². The number of hydrogen-bond acceptors (Lipinski definition) is 5. The van der Waals surface area contributed by atoms with Crippen LogP contribution in [0.25, 0.3) is 0 Å². The van der Waals surface area contributed by atoms with Crippen LogP contribution in [0, 0.1) is 6.92 Å². The normalized spacial score (nSPS) is 16.1. The molecular weight excluding hydrogens is 384 g/mol. The number of benzene rings is 1. The molecule has 0 bridgehead atoms. The molecule has 0 saturated carbocycles. The molecule has 1 saturated heterocycles. The molecule has 1 aromatic carbocycles. The summed E-state index contributed by atoms with van der Waals surface area (Å²) >= 11 is 3.39. The maximum absolute atomic E-state index is 12.1. The summed E-state index contributed by atoms with van der Waals surface area (Å²) < 4.78 is 6.12. The van der Waals surface area contributed by atoms with Gasteiger partial charge in [-0.15, -0.1) is 0 Å². The van der Waals surface area contributed by atoms with Gasteiger partial charge in [0.15, 0.2) is 0 Å². The molecule has 2 heterocycles. The molecule has 0 atom stereocenters.